The molecule has 2 aliphatic rings. The van der Waals surface area contributed by atoms with Gasteiger partial charge in [0.05, 0.1) is 9.80 Å². The van der Waals surface area contributed by atoms with Crippen LogP contribution in [0.25, 0.3) is 0 Å². The van der Waals surface area contributed by atoms with E-state index in [-0.39, 0.29) is 5.92 Å². The summed E-state index contributed by atoms with van der Waals surface area (Å²) in [6.45, 7) is 1.95. The van der Waals surface area contributed by atoms with Gasteiger partial charge in [-0.25, -0.2) is 8.42 Å². The fraction of sp³-hybridized carbons (Fsp3) is 0.286. The van der Waals surface area contributed by atoms with Crippen molar-refractivity contribution in [3.63, 3.8) is 0 Å². The fourth-order valence-electron chi connectivity index (χ4n) is 2.54. The van der Waals surface area contributed by atoms with Gasteiger partial charge >= 0.3 is 0 Å². The molecule has 3 rings (SSSR count). The van der Waals surface area contributed by atoms with E-state index >= 15 is 0 Å². The largest absolute Gasteiger partial charge is 0.219 e. The van der Waals surface area contributed by atoms with Crippen molar-refractivity contribution in [3.8, 4) is 0 Å². The van der Waals surface area contributed by atoms with Crippen molar-refractivity contribution in [1.29, 1.82) is 0 Å². The first-order valence-electron chi connectivity index (χ1n) is 5.79. The van der Waals surface area contributed by atoms with Gasteiger partial charge in [-0.05, 0) is 31.4 Å². The van der Waals surface area contributed by atoms with Crippen molar-refractivity contribution in [2.75, 3.05) is 0 Å². The molecule has 1 aromatic carbocycles. The van der Waals surface area contributed by atoms with Crippen LogP contribution in [0.3, 0.4) is 0 Å². The first-order valence-corrected chi connectivity index (χ1v) is 7.27. The van der Waals surface area contributed by atoms with E-state index in [1.54, 1.807) is 12.1 Å². The molecule has 0 aliphatic heterocycles. The van der Waals surface area contributed by atoms with Gasteiger partial charge in [-0.2, -0.15) is 0 Å². The molecule has 17 heavy (non-hydrogen) atoms. The second kappa shape index (κ2) is 3.57. The lowest BCUT2D eigenvalue weighted by molar-refractivity contribution is 0.596. The molecule has 0 fully saturated rings. The van der Waals surface area contributed by atoms with Crippen molar-refractivity contribution < 1.29 is 8.42 Å². The highest BCUT2D eigenvalue weighted by Gasteiger charge is 2.36. The first kappa shape index (κ1) is 10.8. The van der Waals surface area contributed by atoms with Crippen LogP contribution in [0.4, 0.5) is 0 Å². The van der Waals surface area contributed by atoms with Gasteiger partial charge in [0, 0.05) is 5.92 Å². The Morgan fingerprint density at radius 1 is 1.12 bits per heavy atom. The summed E-state index contributed by atoms with van der Waals surface area (Å²) < 4.78 is 24.9. The molecule has 0 radical (unpaired) electrons. The van der Waals surface area contributed by atoms with E-state index in [1.165, 1.54) is 0 Å². The number of benzene rings is 1. The third-order valence-corrected chi connectivity index (χ3v) is 5.45. The number of hydrogen-bond acceptors (Lipinski definition) is 2. The molecular formula is C14H14O2S. The maximum atomic E-state index is 12.4. The second-order valence-electron chi connectivity index (χ2n) is 4.78. The van der Waals surface area contributed by atoms with Crippen LogP contribution in [0.15, 0.2) is 52.3 Å². The predicted molar refractivity (Wildman–Crippen MR) is 67.2 cm³/mol. The monoisotopic (exact) mass is 246 g/mol. The van der Waals surface area contributed by atoms with Crippen LogP contribution in [0.2, 0.25) is 0 Å². The van der Waals surface area contributed by atoms with E-state index in [4.69, 9.17) is 0 Å². The van der Waals surface area contributed by atoms with Crippen molar-refractivity contribution in [2.24, 2.45) is 11.8 Å². The van der Waals surface area contributed by atoms with E-state index in [9.17, 15) is 8.42 Å². The highest BCUT2D eigenvalue weighted by molar-refractivity contribution is 7.95. The Labute approximate surface area is 102 Å². The molecule has 0 saturated carbocycles. The van der Waals surface area contributed by atoms with Gasteiger partial charge in [-0.1, -0.05) is 35.9 Å². The smallest absolute Gasteiger partial charge is 0.203 e. The zero-order valence-corrected chi connectivity index (χ0v) is 10.4. The molecule has 0 heterocycles. The van der Waals surface area contributed by atoms with Gasteiger partial charge in [0.2, 0.25) is 9.84 Å². The third-order valence-electron chi connectivity index (χ3n) is 3.50. The Morgan fingerprint density at radius 2 is 1.82 bits per heavy atom. The number of hydrogen-bond donors (Lipinski definition) is 0. The zero-order chi connectivity index (χ0) is 12.0. The predicted octanol–water partition coefficient (Wildman–Crippen LogP) is 2.86. The lowest BCUT2D eigenvalue weighted by Gasteiger charge is -2.11. The van der Waals surface area contributed by atoms with Gasteiger partial charge in [0.1, 0.15) is 0 Å². The molecule has 2 nitrogen and oxygen atoms in total. The Balaban J connectivity index is 2.03. The van der Waals surface area contributed by atoms with Gasteiger partial charge in [-0.15, -0.1) is 0 Å². The van der Waals surface area contributed by atoms with E-state index < -0.39 is 9.84 Å². The molecular weight excluding hydrogens is 232 g/mol. The molecule has 3 heteroatoms. The molecule has 0 aromatic heterocycles. The van der Waals surface area contributed by atoms with Gasteiger partial charge in [0.25, 0.3) is 0 Å². The number of aryl methyl sites for hydroxylation is 1. The van der Waals surface area contributed by atoms with E-state index in [2.05, 4.69) is 6.08 Å². The zero-order valence-electron chi connectivity index (χ0n) is 9.63. The van der Waals surface area contributed by atoms with Crippen molar-refractivity contribution in [3.05, 3.63) is 53.0 Å². The van der Waals surface area contributed by atoms with Gasteiger partial charge < -0.3 is 0 Å². The molecule has 1 aromatic rings. The molecule has 0 amide bonds. The number of allylic oxidation sites excluding steroid dienone is 4. The summed E-state index contributed by atoms with van der Waals surface area (Å²) >= 11 is 0. The maximum absolute atomic E-state index is 12.4. The molecule has 2 atom stereocenters. The lowest BCUT2D eigenvalue weighted by atomic mass is 10.2. The molecule has 0 saturated heterocycles. The topological polar surface area (TPSA) is 34.1 Å². The number of sulfone groups is 1. The van der Waals surface area contributed by atoms with Crippen LogP contribution < -0.4 is 0 Å². The van der Waals surface area contributed by atoms with Gasteiger partial charge in [0.15, 0.2) is 0 Å². The highest BCUT2D eigenvalue weighted by Crippen LogP contribution is 2.42. The number of fused-ring (bicyclic) bond motifs is 2. The molecule has 88 valence electrons. The van der Waals surface area contributed by atoms with E-state index in [0.717, 1.165) is 12.0 Å². The van der Waals surface area contributed by atoms with Crippen LogP contribution >= 0.6 is 0 Å². The summed E-state index contributed by atoms with van der Waals surface area (Å²) in [7, 11) is -3.28. The normalized spacial score (nSPS) is 26.3. The van der Waals surface area contributed by atoms with E-state index in [1.807, 2.05) is 31.2 Å². The highest BCUT2D eigenvalue weighted by atomic mass is 32.2. The minimum absolute atomic E-state index is 0.103. The van der Waals surface area contributed by atoms with Crippen LogP contribution in [-0.2, 0) is 9.84 Å². The van der Waals surface area contributed by atoms with Gasteiger partial charge in [-0.3, -0.25) is 0 Å². The summed E-state index contributed by atoms with van der Waals surface area (Å²) in [5.74, 6) is 0.432. The maximum Gasteiger partial charge on any atom is 0.203 e. The van der Waals surface area contributed by atoms with Crippen LogP contribution in [0, 0.1) is 18.8 Å². The SMILES string of the molecule is Cc1ccc(S(=O)(=O)C2=CC3C=CC2C3)cc1. The fourth-order valence-corrected chi connectivity index (χ4v) is 4.23. The minimum atomic E-state index is -3.28. The third kappa shape index (κ3) is 1.65. The standard InChI is InChI=1S/C14H14O2S/c1-10-2-6-13(7-3-10)17(15,16)14-9-11-4-5-12(14)8-11/h2-7,9,11-12H,8H2,1H3. The number of rotatable bonds is 2. The summed E-state index contributed by atoms with van der Waals surface area (Å²) in [5, 5.41) is 0. The van der Waals surface area contributed by atoms with Crippen LogP contribution in [0.1, 0.15) is 12.0 Å². The lowest BCUT2D eigenvalue weighted by Crippen LogP contribution is -2.09. The minimum Gasteiger partial charge on any atom is -0.219 e. The molecule has 0 spiro atoms. The Bertz CT molecular complexity index is 606. The van der Waals surface area contributed by atoms with Crippen molar-refractivity contribution >= 4 is 9.84 Å². The molecule has 2 aliphatic carbocycles. The molecule has 0 N–H and O–H groups in total. The van der Waals surface area contributed by atoms with Crippen LogP contribution in [0.5, 0.6) is 0 Å². The summed E-state index contributed by atoms with van der Waals surface area (Å²) in [6, 6.07) is 7.08. The quantitative estimate of drug-likeness (QED) is 0.752. The Morgan fingerprint density at radius 3 is 2.35 bits per heavy atom. The van der Waals surface area contributed by atoms with Crippen LogP contribution in [-0.4, -0.2) is 8.42 Å². The average Bonchev–Trinajstić information content (AvgIpc) is 2.91. The second-order valence-corrected chi connectivity index (χ2v) is 6.73. The molecule has 2 bridgehead atoms. The van der Waals surface area contributed by atoms with Crippen molar-refractivity contribution in [1.82, 2.24) is 0 Å². The van der Waals surface area contributed by atoms with Crippen molar-refractivity contribution in [2.45, 2.75) is 18.2 Å². The molecule has 2 unspecified atom stereocenters. The van der Waals surface area contributed by atoms with E-state index in [0.29, 0.717) is 15.7 Å². The summed E-state index contributed by atoms with van der Waals surface area (Å²) in [5.41, 5.74) is 1.07. The summed E-state index contributed by atoms with van der Waals surface area (Å²) in [4.78, 5) is 1.00. The first-order chi connectivity index (χ1) is 8.07. The Hall–Kier alpha value is -1.35. The average molecular weight is 246 g/mol. The summed E-state index contributed by atoms with van der Waals surface area (Å²) in [6.07, 6.45) is 6.95. The Kier molecular flexibility index (Phi) is 2.26.